The van der Waals surface area contributed by atoms with Gasteiger partial charge in [0.2, 0.25) is 0 Å². The van der Waals surface area contributed by atoms with E-state index in [1.54, 1.807) is 12.1 Å². The third-order valence-corrected chi connectivity index (χ3v) is 5.30. The van der Waals surface area contributed by atoms with Crippen LogP contribution < -0.4 is 0 Å². The summed E-state index contributed by atoms with van der Waals surface area (Å²) in [5, 5.41) is 3.59. The molecule has 1 aliphatic rings. The average molecular weight is 361 g/mol. The molecule has 0 saturated carbocycles. The second-order valence-corrected chi connectivity index (χ2v) is 6.85. The number of carbonyl (C=O) groups is 2. The van der Waals surface area contributed by atoms with Gasteiger partial charge in [-0.15, -0.1) is 0 Å². The summed E-state index contributed by atoms with van der Waals surface area (Å²) >= 11 is 6.17. The maximum Gasteiger partial charge on any atom is 0.347 e. The van der Waals surface area contributed by atoms with Gasteiger partial charge in [-0.3, -0.25) is 0 Å². The minimum atomic E-state index is -0.622. The van der Waals surface area contributed by atoms with Gasteiger partial charge in [0.25, 0.3) is 0 Å². The lowest BCUT2D eigenvalue weighted by Gasteiger charge is -2.01. The van der Waals surface area contributed by atoms with E-state index in [0.29, 0.717) is 26.9 Å². The van der Waals surface area contributed by atoms with Gasteiger partial charge in [0.1, 0.15) is 0 Å². The zero-order valence-corrected chi connectivity index (χ0v) is 13.9. The summed E-state index contributed by atoms with van der Waals surface area (Å²) in [6.45, 7) is 0. The molecule has 2 N–H and O–H groups in total. The zero-order valence-electron chi connectivity index (χ0n) is 13.1. The number of hydrogen-bond acceptors (Lipinski definition) is 3. The van der Waals surface area contributed by atoms with Crippen LogP contribution in [0.25, 0.3) is 43.6 Å². The van der Waals surface area contributed by atoms with Crippen molar-refractivity contribution in [2.45, 2.75) is 0 Å². The first-order valence-electron chi connectivity index (χ1n) is 8.07. The minimum Gasteiger partial charge on any atom is -0.386 e. The average Bonchev–Trinajstić information content (AvgIpc) is 3.26. The van der Waals surface area contributed by atoms with Gasteiger partial charge in [-0.1, -0.05) is 29.8 Å². The van der Waals surface area contributed by atoms with E-state index >= 15 is 0 Å². The minimum absolute atomic E-state index is 0.302. The van der Waals surface area contributed by atoms with Gasteiger partial charge in [-0.2, -0.15) is 0 Å². The van der Waals surface area contributed by atoms with Crippen LogP contribution in [0, 0.1) is 0 Å². The molecule has 0 aliphatic carbocycles. The van der Waals surface area contributed by atoms with Crippen LogP contribution in [0.4, 0.5) is 0 Å². The van der Waals surface area contributed by atoms with E-state index in [1.165, 1.54) is 0 Å². The molecule has 0 radical (unpaired) electrons. The van der Waals surface area contributed by atoms with Crippen LogP contribution in [0.5, 0.6) is 0 Å². The molecule has 124 valence electrons. The van der Waals surface area contributed by atoms with Crippen LogP contribution in [0.3, 0.4) is 0 Å². The first-order valence-corrected chi connectivity index (χ1v) is 8.45. The number of nitrogens with one attached hydrogen (secondary N) is 2. The fraction of sp³-hybridized carbons (Fsp3) is 0. The normalized spacial score (nSPS) is 14.0. The quantitative estimate of drug-likeness (QED) is 0.304. The number of benzene rings is 3. The molecule has 6 rings (SSSR count). The Balaban J connectivity index is 2.01. The van der Waals surface area contributed by atoms with Crippen LogP contribution in [-0.4, -0.2) is 21.9 Å². The molecule has 5 aromatic rings. The standard InChI is InChI=1S/C20H9ClN2O3/c21-8-5-6-12-10(7-8)14-16-15(19(24)26-20(16)25)13-9-3-1-2-4-11(9)22-17(13)18(14)23-12/h1-7,22-23H. The summed E-state index contributed by atoms with van der Waals surface area (Å²) in [4.78, 5) is 31.8. The molecule has 3 aromatic carbocycles. The molecule has 1 aliphatic heterocycles. The van der Waals surface area contributed by atoms with Gasteiger partial charge in [0.15, 0.2) is 0 Å². The molecular formula is C20H9ClN2O3. The molecule has 2 aromatic heterocycles. The van der Waals surface area contributed by atoms with E-state index in [0.717, 1.165) is 32.8 Å². The number of H-pyrrole nitrogens is 2. The number of cyclic esters (lactones) is 2. The van der Waals surface area contributed by atoms with Crippen molar-refractivity contribution in [2.24, 2.45) is 0 Å². The number of rotatable bonds is 0. The van der Waals surface area contributed by atoms with Crippen molar-refractivity contribution < 1.29 is 14.3 Å². The Morgan fingerprint density at radius 1 is 0.769 bits per heavy atom. The van der Waals surface area contributed by atoms with Crippen LogP contribution in [0.1, 0.15) is 20.7 Å². The van der Waals surface area contributed by atoms with Crippen LogP contribution in [0.2, 0.25) is 5.02 Å². The number of halogens is 1. The Hall–Kier alpha value is -3.31. The summed E-state index contributed by atoms with van der Waals surface area (Å²) < 4.78 is 4.98. The topological polar surface area (TPSA) is 75.0 Å². The van der Waals surface area contributed by atoms with Gasteiger partial charge >= 0.3 is 11.9 Å². The molecule has 26 heavy (non-hydrogen) atoms. The summed E-state index contributed by atoms with van der Waals surface area (Å²) in [6, 6.07) is 13.1. The lowest BCUT2D eigenvalue weighted by molar-refractivity contribution is 0.0445. The smallest absolute Gasteiger partial charge is 0.347 e. The second-order valence-electron chi connectivity index (χ2n) is 6.41. The Morgan fingerprint density at radius 2 is 1.38 bits per heavy atom. The van der Waals surface area contributed by atoms with Crippen molar-refractivity contribution in [1.29, 1.82) is 0 Å². The first-order chi connectivity index (χ1) is 12.6. The van der Waals surface area contributed by atoms with E-state index in [9.17, 15) is 9.59 Å². The summed E-state index contributed by atoms with van der Waals surface area (Å²) in [7, 11) is 0. The Morgan fingerprint density at radius 3 is 2.12 bits per heavy atom. The number of esters is 2. The Labute approximate surface area is 150 Å². The second kappa shape index (κ2) is 4.45. The van der Waals surface area contributed by atoms with Crippen molar-refractivity contribution in [3.63, 3.8) is 0 Å². The van der Waals surface area contributed by atoms with E-state index in [-0.39, 0.29) is 0 Å². The zero-order chi connectivity index (χ0) is 17.6. The molecule has 0 bridgehead atoms. The molecule has 0 unspecified atom stereocenters. The number of ether oxygens (including phenoxy) is 1. The predicted octanol–water partition coefficient (Wildman–Crippen LogP) is 4.92. The first kappa shape index (κ1) is 13.9. The highest BCUT2D eigenvalue weighted by atomic mass is 35.5. The molecule has 5 nitrogen and oxygen atoms in total. The van der Waals surface area contributed by atoms with Gasteiger partial charge in [0.05, 0.1) is 22.2 Å². The van der Waals surface area contributed by atoms with Gasteiger partial charge < -0.3 is 14.7 Å². The monoisotopic (exact) mass is 360 g/mol. The fourth-order valence-corrected chi connectivity index (χ4v) is 4.22. The maximum absolute atomic E-state index is 12.5. The van der Waals surface area contributed by atoms with Gasteiger partial charge in [0, 0.05) is 37.6 Å². The van der Waals surface area contributed by atoms with Crippen molar-refractivity contribution in [2.75, 3.05) is 0 Å². The number of aromatic amines is 2. The van der Waals surface area contributed by atoms with E-state index in [2.05, 4.69) is 9.97 Å². The molecule has 6 heteroatoms. The molecular weight excluding hydrogens is 352 g/mol. The lowest BCUT2D eigenvalue weighted by Crippen LogP contribution is -1.97. The number of carbonyl (C=O) groups excluding carboxylic acids is 2. The lowest BCUT2D eigenvalue weighted by atomic mass is 9.97. The van der Waals surface area contributed by atoms with Crippen molar-refractivity contribution in [3.05, 3.63) is 58.6 Å². The van der Waals surface area contributed by atoms with Gasteiger partial charge in [-0.05, 0) is 24.3 Å². The fourth-order valence-electron chi connectivity index (χ4n) is 4.04. The van der Waals surface area contributed by atoms with Crippen LogP contribution in [0.15, 0.2) is 42.5 Å². The maximum atomic E-state index is 12.5. The Bertz CT molecular complexity index is 1460. The summed E-state index contributed by atoms with van der Waals surface area (Å²) in [5.74, 6) is -1.24. The summed E-state index contributed by atoms with van der Waals surface area (Å²) in [6.07, 6.45) is 0. The molecule has 0 atom stereocenters. The van der Waals surface area contributed by atoms with Crippen molar-refractivity contribution in [1.82, 2.24) is 9.97 Å². The highest BCUT2D eigenvalue weighted by Gasteiger charge is 2.37. The van der Waals surface area contributed by atoms with Crippen molar-refractivity contribution >= 4 is 67.2 Å². The summed E-state index contributed by atoms with van der Waals surface area (Å²) in [5.41, 5.74) is 3.88. The van der Waals surface area contributed by atoms with E-state index < -0.39 is 11.9 Å². The Kier molecular flexibility index (Phi) is 2.38. The highest BCUT2D eigenvalue weighted by Crippen LogP contribution is 2.43. The molecule has 0 saturated heterocycles. The van der Waals surface area contributed by atoms with Gasteiger partial charge in [-0.25, -0.2) is 9.59 Å². The van der Waals surface area contributed by atoms with E-state index in [1.807, 2.05) is 30.3 Å². The number of fused-ring (bicyclic) bond motifs is 10. The molecule has 3 heterocycles. The van der Waals surface area contributed by atoms with Crippen LogP contribution >= 0.6 is 11.6 Å². The third-order valence-electron chi connectivity index (χ3n) is 5.06. The van der Waals surface area contributed by atoms with Crippen LogP contribution in [-0.2, 0) is 4.74 Å². The SMILES string of the molecule is O=C1OC(=O)c2c1c1c3ccccc3[nH]c1c1[nH]c3ccc(Cl)cc3c21. The molecule has 0 fully saturated rings. The highest BCUT2D eigenvalue weighted by molar-refractivity contribution is 6.37. The molecule has 0 spiro atoms. The molecule has 0 amide bonds. The van der Waals surface area contributed by atoms with Crippen molar-refractivity contribution in [3.8, 4) is 0 Å². The predicted molar refractivity (Wildman–Crippen MR) is 99.9 cm³/mol. The third kappa shape index (κ3) is 1.52. The number of aromatic nitrogens is 2. The largest absolute Gasteiger partial charge is 0.386 e. The number of hydrogen-bond donors (Lipinski definition) is 2. The van der Waals surface area contributed by atoms with E-state index in [4.69, 9.17) is 16.3 Å². The number of para-hydroxylation sites is 1.